The lowest BCUT2D eigenvalue weighted by Gasteiger charge is -2.22. The van der Waals surface area contributed by atoms with Crippen molar-refractivity contribution in [3.05, 3.63) is 94.7 Å². The lowest BCUT2D eigenvalue weighted by atomic mass is 10.1. The molecule has 0 spiro atoms. The average Bonchev–Trinajstić information content (AvgIpc) is 3.24. The van der Waals surface area contributed by atoms with E-state index < -0.39 is 0 Å². The number of hydrogen-bond acceptors (Lipinski definition) is 3. The van der Waals surface area contributed by atoms with E-state index in [1.165, 1.54) is 0 Å². The number of anilines is 1. The van der Waals surface area contributed by atoms with E-state index in [-0.39, 0.29) is 18.4 Å². The Labute approximate surface area is 220 Å². The second-order valence-corrected chi connectivity index (χ2v) is 9.57. The smallest absolute Gasteiger partial charge is 0.251 e. The Morgan fingerprint density at radius 1 is 0.944 bits per heavy atom. The van der Waals surface area contributed by atoms with E-state index in [2.05, 4.69) is 25.8 Å². The summed E-state index contributed by atoms with van der Waals surface area (Å²) < 4.78 is 2.94. The first-order valence-electron chi connectivity index (χ1n) is 12.4. The molecule has 3 aromatic carbocycles. The number of aromatic nitrogens is 2. The van der Waals surface area contributed by atoms with Gasteiger partial charge in [0.15, 0.2) is 0 Å². The van der Waals surface area contributed by atoms with Crippen LogP contribution < -0.4 is 10.2 Å². The molecule has 36 heavy (non-hydrogen) atoms. The van der Waals surface area contributed by atoms with Gasteiger partial charge in [-0.15, -0.1) is 0 Å². The molecule has 1 N–H and O–H groups in total. The van der Waals surface area contributed by atoms with Crippen molar-refractivity contribution in [2.24, 2.45) is 0 Å². The number of para-hydroxylation sites is 3. The summed E-state index contributed by atoms with van der Waals surface area (Å²) in [5.41, 5.74) is 3.44. The molecule has 0 aliphatic rings. The maximum Gasteiger partial charge on any atom is 0.251 e. The number of fused-ring (bicyclic) bond motifs is 1. The van der Waals surface area contributed by atoms with Crippen molar-refractivity contribution in [1.29, 1.82) is 0 Å². The Hall–Kier alpha value is -3.45. The zero-order valence-corrected chi connectivity index (χ0v) is 22.1. The Kier molecular flexibility index (Phi) is 8.90. The number of benzene rings is 3. The van der Waals surface area contributed by atoms with Crippen molar-refractivity contribution in [2.75, 3.05) is 18.0 Å². The number of nitrogens with one attached hydrogen (secondary N) is 1. The molecule has 0 atom stereocenters. The number of unbranched alkanes of at least 4 members (excludes halogenated alkanes) is 2. The Morgan fingerprint density at radius 2 is 1.72 bits per heavy atom. The van der Waals surface area contributed by atoms with E-state index in [1.807, 2.05) is 90.7 Å². The summed E-state index contributed by atoms with van der Waals surface area (Å²) in [7, 11) is 0. The van der Waals surface area contributed by atoms with E-state index in [4.69, 9.17) is 4.98 Å². The summed E-state index contributed by atoms with van der Waals surface area (Å²) in [5, 5.41) is 2.99. The van der Waals surface area contributed by atoms with Gasteiger partial charge in [-0.2, -0.15) is 0 Å². The molecule has 0 saturated heterocycles. The van der Waals surface area contributed by atoms with Crippen LogP contribution in [0.5, 0.6) is 0 Å². The number of nitrogens with zero attached hydrogens (tertiary/aromatic N) is 3. The maximum atomic E-state index is 13.3. The van der Waals surface area contributed by atoms with Gasteiger partial charge in [-0.05, 0) is 62.2 Å². The first kappa shape index (κ1) is 25.6. The van der Waals surface area contributed by atoms with Gasteiger partial charge in [0.1, 0.15) is 12.4 Å². The van der Waals surface area contributed by atoms with E-state index in [0.717, 1.165) is 52.7 Å². The van der Waals surface area contributed by atoms with Crippen molar-refractivity contribution in [3.63, 3.8) is 0 Å². The minimum absolute atomic E-state index is 0.0448. The van der Waals surface area contributed by atoms with Crippen molar-refractivity contribution in [3.8, 4) is 0 Å². The average molecular weight is 547 g/mol. The highest BCUT2D eigenvalue weighted by atomic mass is 79.9. The summed E-state index contributed by atoms with van der Waals surface area (Å²) in [4.78, 5) is 32.2. The summed E-state index contributed by atoms with van der Waals surface area (Å²) in [6.45, 7) is 3.48. The van der Waals surface area contributed by atoms with Gasteiger partial charge in [0, 0.05) is 35.2 Å². The van der Waals surface area contributed by atoms with E-state index in [0.29, 0.717) is 18.7 Å². The predicted octanol–water partition coefficient (Wildman–Crippen LogP) is 5.99. The molecule has 0 unspecified atom stereocenters. The van der Waals surface area contributed by atoms with Gasteiger partial charge in [-0.3, -0.25) is 9.59 Å². The van der Waals surface area contributed by atoms with Gasteiger partial charge < -0.3 is 14.8 Å². The lowest BCUT2D eigenvalue weighted by molar-refractivity contribution is -0.119. The molecule has 4 aromatic rings. The van der Waals surface area contributed by atoms with Crippen LogP contribution in [0.4, 0.5) is 5.69 Å². The van der Waals surface area contributed by atoms with Crippen molar-refractivity contribution >= 4 is 44.5 Å². The summed E-state index contributed by atoms with van der Waals surface area (Å²) >= 11 is 3.40. The van der Waals surface area contributed by atoms with E-state index in [9.17, 15) is 9.59 Å². The minimum Gasteiger partial charge on any atom is -0.352 e. The van der Waals surface area contributed by atoms with Crippen LogP contribution in [-0.4, -0.2) is 34.5 Å². The van der Waals surface area contributed by atoms with Crippen LogP contribution in [0.1, 0.15) is 42.4 Å². The predicted molar refractivity (Wildman–Crippen MR) is 148 cm³/mol. The third kappa shape index (κ3) is 6.40. The van der Waals surface area contributed by atoms with Crippen LogP contribution in [0.25, 0.3) is 11.0 Å². The van der Waals surface area contributed by atoms with Crippen LogP contribution in [-0.2, 0) is 17.8 Å². The number of carbonyl (C=O) groups excluding carboxylic acids is 2. The fourth-order valence-electron chi connectivity index (χ4n) is 4.34. The number of rotatable bonds is 11. The van der Waals surface area contributed by atoms with Gasteiger partial charge in [0.25, 0.3) is 5.91 Å². The molecule has 0 bridgehead atoms. The van der Waals surface area contributed by atoms with Gasteiger partial charge in [-0.1, -0.05) is 58.7 Å². The Bertz CT molecular complexity index is 1320. The second-order valence-electron chi connectivity index (χ2n) is 8.65. The topological polar surface area (TPSA) is 67.2 Å². The number of amides is 2. The Morgan fingerprint density at radius 3 is 2.50 bits per heavy atom. The van der Waals surface area contributed by atoms with Crippen molar-refractivity contribution in [2.45, 2.75) is 39.2 Å². The largest absolute Gasteiger partial charge is 0.352 e. The highest BCUT2D eigenvalue weighted by Gasteiger charge is 2.18. The fraction of sp³-hybridized carbons (Fsp3) is 0.276. The molecule has 0 aliphatic heterocycles. The first-order valence-corrected chi connectivity index (χ1v) is 13.2. The van der Waals surface area contributed by atoms with Crippen LogP contribution in [0.15, 0.2) is 83.3 Å². The highest BCUT2D eigenvalue weighted by molar-refractivity contribution is 9.10. The van der Waals surface area contributed by atoms with Gasteiger partial charge >= 0.3 is 0 Å². The molecule has 7 heteroatoms. The molecule has 6 nitrogen and oxygen atoms in total. The molecular weight excluding hydrogens is 516 g/mol. The number of carbonyl (C=O) groups is 2. The zero-order valence-electron chi connectivity index (χ0n) is 20.5. The molecule has 4 rings (SSSR count). The molecule has 1 heterocycles. The first-order chi connectivity index (χ1) is 17.6. The number of aryl methyl sites for hydroxylation is 1. The van der Waals surface area contributed by atoms with Crippen LogP contribution in [0.2, 0.25) is 0 Å². The Balaban J connectivity index is 1.35. The molecular formula is C29H31BrN4O2. The summed E-state index contributed by atoms with van der Waals surface area (Å²) in [6.07, 6.45) is 3.55. The number of halogens is 1. The van der Waals surface area contributed by atoms with Gasteiger partial charge in [0.2, 0.25) is 5.91 Å². The molecule has 2 amide bonds. The molecule has 0 radical (unpaired) electrons. The minimum atomic E-state index is -0.0597. The molecule has 1 aromatic heterocycles. The quantitative estimate of drug-likeness (QED) is 0.235. The SMILES string of the molecule is CCN(C(=O)Cn1c(CCCCCNC(=O)c2cccc(Br)c2)nc2ccccc21)c1ccccc1. The number of imidazole rings is 1. The number of likely N-dealkylation sites (N-methyl/N-ethyl adjacent to an activating group) is 1. The van der Waals surface area contributed by atoms with Crippen LogP contribution in [0, 0.1) is 0 Å². The maximum absolute atomic E-state index is 13.3. The highest BCUT2D eigenvalue weighted by Crippen LogP contribution is 2.20. The molecule has 0 saturated carbocycles. The monoisotopic (exact) mass is 546 g/mol. The second kappa shape index (κ2) is 12.5. The van der Waals surface area contributed by atoms with Gasteiger partial charge in [-0.25, -0.2) is 4.98 Å². The molecule has 0 aliphatic carbocycles. The van der Waals surface area contributed by atoms with Crippen molar-refractivity contribution < 1.29 is 9.59 Å². The van der Waals surface area contributed by atoms with Crippen molar-refractivity contribution in [1.82, 2.24) is 14.9 Å². The van der Waals surface area contributed by atoms with Crippen LogP contribution in [0.3, 0.4) is 0 Å². The molecule has 186 valence electrons. The zero-order chi connectivity index (χ0) is 25.3. The van der Waals surface area contributed by atoms with E-state index >= 15 is 0 Å². The van der Waals surface area contributed by atoms with Gasteiger partial charge in [0.05, 0.1) is 11.0 Å². The third-order valence-corrected chi connectivity index (χ3v) is 6.65. The fourth-order valence-corrected chi connectivity index (χ4v) is 4.74. The summed E-state index contributed by atoms with van der Waals surface area (Å²) in [5.74, 6) is 0.908. The standard InChI is InChI=1S/C29H31BrN4O2/c1-2-33(24-14-5-3-6-15-24)28(35)21-34-26-17-9-8-16-25(26)32-27(34)18-7-4-10-19-31-29(36)22-12-11-13-23(30)20-22/h3,5-6,8-9,11-17,20H,2,4,7,10,18-19,21H2,1H3,(H,31,36). The third-order valence-electron chi connectivity index (χ3n) is 6.16. The normalized spacial score (nSPS) is 10.9. The summed E-state index contributed by atoms with van der Waals surface area (Å²) in [6, 6.07) is 25.1. The molecule has 0 fully saturated rings. The lowest BCUT2D eigenvalue weighted by Crippen LogP contribution is -2.34. The van der Waals surface area contributed by atoms with E-state index in [1.54, 1.807) is 0 Å². The number of hydrogen-bond donors (Lipinski definition) is 1. The van der Waals surface area contributed by atoms with Crippen LogP contribution >= 0.6 is 15.9 Å².